The molecular formula is C24H33N3O3. The predicted octanol–water partition coefficient (Wildman–Crippen LogP) is 3.47. The quantitative estimate of drug-likeness (QED) is 0.556. The Morgan fingerprint density at radius 2 is 1.97 bits per heavy atom. The van der Waals surface area contributed by atoms with Crippen LogP contribution in [-0.2, 0) is 11.2 Å². The maximum absolute atomic E-state index is 12.0. The summed E-state index contributed by atoms with van der Waals surface area (Å²) in [6, 6.07) is 18.3. The van der Waals surface area contributed by atoms with Gasteiger partial charge in [0.15, 0.2) is 0 Å². The molecule has 0 aromatic heterocycles. The Labute approximate surface area is 179 Å². The lowest BCUT2D eigenvalue weighted by Gasteiger charge is -2.19. The van der Waals surface area contributed by atoms with Gasteiger partial charge in [-0.05, 0) is 42.9 Å². The summed E-state index contributed by atoms with van der Waals surface area (Å²) in [6.07, 6.45) is 2.81. The van der Waals surface area contributed by atoms with Gasteiger partial charge >= 0.3 is 6.03 Å². The van der Waals surface area contributed by atoms with Gasteiger partial charge in [-0.1, -0.05) is 36.4 Å². The first-order valence-corrected chi connectivity index (χ1v) is 10.8. The summed E-state index contributed by atoms with van der Waals surface area (Å²) in [6.45, 7) is 4.63. The van der Waals surface area contributed by atoms with Gasteiger partial charge in [0, 0.05) is 44.5 Å². The first-order chi connectivity index (χ1) is 14.7. The van der Waals surface area contributed by atoms with Crippen molar-refractivity contribution in [1.29, 1.82) is 0 Å². The monoisotopic (exact) mass is 411 g/mol. The predicted molar refractivity (Wildman–Crippen MR) is 120 cm³/mol. The molecule has 2 aromatic rings. The summed E-state index contributed by atoms with van der Waals surface area (Å²) in [7, 11) is 1.69. The molecule has 2 N–H and O–H groups in total. The highest BCUT2D eigenvalue weighted by atomic mass is 16.5. The largest absolute Gasteiger partial charge is 0.497 e. The maximum atomic E-state index is 12.0. The van der Waals surface area contributed by atoms with Crippen molar-refractivity contribution in [1.82, 2.24) is 10.6 Å². The number of benzene rings is 2. The number of carbonyl (C=O) groups excluding carboxylic acids is 1. The van der Waals surface area contributed by atoms with Crippen LogP contribution < -0.4 is 20.3 Å². The summed E-state index contributed by atoms with van der Waals surface area (Å²) in [4.78, 5) is 14.4. The van der Waals surface area contributed by atoms with Crippen LogP contribution in [0.5, 0.6) is 5.75 Å². The highest BCUT2D eigenvalue weighted by molar-refractivity contribution is 5.73. The number of hydrogen-bond acceptors (Lipinski definition) is 4. The smallest absolute Gasteiger partial charge is 0.314 e. The minimum Gasteiger partial charge on any atom is -0.497 e. The Morgan fingerprint density at radius 1 is 1.10 bits per heavy atom. The molecule has 0 aliphatic carbocycles. The van der Waals surface area contributed by atoms with E-state index in [1.165, 1.54) is 11.3 Å². The van der Waals surface area contributed by atoms with E-state index in [-0.39, 0.29) is 6.03 Å². The second kappa shape index (κ2) is 12.1. The van der Waals surface area contributed by atoms with E-state index in [0.29, 0.717) is 32.2 Å². The Hall–Kier alpha value is -2.73. The van der Waals surface area contributed by atoms with E-state index in [2.05, 4.69) is 39.8 Å². The van der Waals surface area contributed by atoms with E-state index in [1.807, 2.05) is 30.3 Å². The van der Waals surface area contributed by atoms with E-state index in [0.717, 1.165) is 38.1 Å². The molecule has 1 fully saturated rings. The molecule has 0 radical (unpaired) electrons. The van der Waals surface area contributed by atoms with Gasteiger partial charge < -0.3 is 25.0 Å². The van der Waals surface area contributed by atoms with Gasteiger partial charge in [-0.3, -0.25) is 0 Å². The number of nitrogens with one attached hydrogen (secondary N) is 2. The minimum absolute atomic E-state index is 0.0980. The van der Waals surface area contributed by atoms with Gasteiger partial charge in [-0.25, -0.2) is 4.79 Å². The number of hydrogen-bond donors (Lipinski definition) is 2. The Bertz CT molecular complexity index is 769. The second-order valence-electron chi connectivity index (χ2n) is 7.64. The van der Waals surface area contributed by atoms with Crippen molar-refractivity contribution in [2.75, 3.05) is 51.4 Å². The third-order valence-corrected chi connectivity index (χ3v) is 5.38. The number of anilines is 1. The molecule has 3 rings (SSSR count). The third kappa shape index (κ3) is 7.26. The summed E-state index contributed by atoms with van der Waals surface area (Å²) < 4.78 is 11.0. The first-order valence-electron chi connectivity index (χ1n) is 10.8. The number of nitrogens with zero attached hydrogens (tertiary/aromatic N) is 1. The van der Waals surface area contributed by atoms with Crippen LogP contribution in [0, 0.1) is 5.92 Å². The first kappa shape index (κ1) is 22.0. The van der Waals surface area contributed by atoms with Crippen LogP contribution in [0.1, 0.15) is 18.4 Å². The van der Waals surface area contributed by atoms with Crippen LogP contribution in [-0.4, -0.2) is 52.5 Å². The number of ether oxygens (including phenoxy) is 2. The molecule has 162 valence electrons. The van der Waals surface area contributed by atoms with Gasteiger partial charge in [0.2, 0.25) is 0 Å². The number of rotatable bonds is 11. The summed E-state index contributed by atoms with van der Waals surface area (Å²) >= 11 is 0. The molecular weight excluding hydrogens is 378 g/mol. The van der Waals surface area contributed by atoms with Gasteiger partial charge in [0.1, 0.15) is 5.75 Å². The zero-order chi connectivity index (χ0) is 21.0. The lowest BCUT2D eigenvalue weighted by atomic mass is 10.1. The number of amides is 2. The molecule has 0 bridgehead atoms. The molecule has 1 aliphatic rings. The number of urea groups is 1. The fraction of sp³-hybridized carbons (Fsp3) is 0.458. The summed E-state index contributed by atoms with van der Waals surface area (Å²) in [5.74, 6) is 1.33. The Morgan fingerprint density at radius 3 is 2.80 bits per heavy atom. The molecule has 0 spiro atoms. The highest BCUT2D eigenvalue weighted by Crippen LogP contribution is 2.26. The summed E-state index contributed by atoms with van der Waals surface area (Å²) in [5, 5.41) is 5.91. The Kier molecular flexibility index (Phi) is 8.84. The molecule has 6 heteroatoms. The van der Waals surface area contributed by atoms with Crippen LogP contribution in [0.15, 0.2) is 54.6 Å². The highest BCUT2D eigenvalue weighted by Gasteiger charge is 2.23. The molecule has 30 heavy (non-hydrogen) atoms. The van der Waals surface area contributed by atoms with E-state index in [1.54, 1.807) is 7.11 Å². The molecule has 1 unspecified atom stereocenters. The number of methoxy groups -OCH3 is 1. The molecule has 6 nitrogen and oxygen atoms in total. The van der Waals surface area contributed by atoms with Crippen molar-refractivity contribution in [2.45, 2.75) is 19.3 Å². The van der Waals surface area contributed by atoms with Gasteiger partial charge in [-0.2, -0.15) is 0 Å². The van der Waals surface area contributed by atoms with Crippen molar-refractivity contribution in [2.24, 2.45) is 5.92 Å². The molecule has 1 atom stereocenters. The fourth-order valence-corrected chi connectivity index (χ4v) is 3.65. The van der Waals surface area contributed by atoms with E-state index >= 15 is 0 Å². The average Bonchev–Trinajstić information content (AvgIpc) is 3.27. The van der Waals surface area contributed by atoms with Crippen LogP contribution in [0.3, 0.4) is 0 Å². The normalized spacial score (nSPS) is 15.8. The molecule has 0 saturated carbocycles. The zero-order valence-corrected chi connectivity index (χ0v) is 17.8. The van der Waals surface area contributed by atoms with Gasteiger partial charge in [0.05, 0.1) is 13.7 Å². The average molecular weight is 412 g/mol. The Balaban J connectivity index is 1.22. The molecule has 1 heterocycles. The van der Waals surface area contributed by atoms with Gasteiger partial charge in [0.25, 0.3) is 0 Å². The fourth-order valence-electron chi connectivity index (χ4n) is 3.65. The zero-order valence-electron chi connectivity index (χ0n) is 17.8. The third-order valence-electron chi connectivity index (χ3n) is 5.38. The van der Waals surface area contributed by atoms with Crippen LogP contribution in [0.25, 0.3) is 0 Å². The van der Waals surface area contributed by atoms with Crippen LogP contribution >= 0.6 is 0 Å². The van der Waals surface area contributed by atoms with Crippen LogP contribution in [0.2, 0.25) is 0 Å². The van der Waals surface area contributed by atoms with Crippen molar-refractivity contribution in [3.05, 3.63) is 60.2 Å². The van der Waals surface area contributed by atoms with Crippen molar-refractivity contribution < 1.29 is 14.3 Å². The van der Waals surface area contributed by atoms with Crippen molar-refractivity contribution in [3.63, 3.8) is 0 Å². The van der Waals surface area contributed by atoms with Crippen LogP contribution in [0.4, 0.5) is 10.5 Å². The minimum atomic E-state index is -0.0980. The number of carbonyl (C=O) groups is 1. The standard InChI is InChI=1S/C24H33N3O3/c1-29-23-10-5-9-22(17-23)27-14-11-21(19-27)18-26-24(28)25-13-6-15-30-16-12-20-7-3-2-4-8-20/h2-5,7-10,17,21H,6,11-16,18-19H2,1H3,(H2,25,26,28). The topological polar surface area (TPSA) is 62.8 Å². The SMILES string of the molecule is COc1cccc(N2CCC(CNC(=O)NCCCOCCc3ccccc3)C2)c1. The van der Waals surface area contributed by atoms with E-state index < -0.39 is 0 Å². The lowest BCUT2D eigenvalue weighted by Crippen LogP contribution is -2.39. The van der Waals surface area contributed by atoms with E-state index in [4.69, 9.17) is 9.47 Å². The molecule has 1 aliphatic heterocycles. The van der Waals surface area contributed by atoms with Gasteiger partial charge in [-0.15, -0.1) is 0 Å². The van der Waals surface area contributed by atoms with Crippen molar-refractivity contribution >= 4 is 11.7 Å². The molecule has 1 saturated heterocycles. The molecule has 2 amide bonds. The van der Waals surface area contributed by atoms with Crippen molar-refractivity contribution in [3.8, 4) is 5.75 Å². The summed E-state index contributed by atoms with van der Waals surface area (Å²) in [5.41, 5.74) is 2.46. The lowest BCUT2D eigenvalue weighted by molar-refractivity contribution is 0.135. The second-order valence-corrected chi connectivity index (χ2v) is 7.64. The van der Waals surface area contributed by atoms with E-state index in [9.17, 15) is 4.79 Å². The molecule has 2 aromatic carbocycles. The maximum Gasteiger partial charge on any atom is 0.314 e.